The maximum atomic E-state index is 12.0. The molecule has 1 amide bonds. The van der Waals surface area contributed by atoms with Gasteiger partial charge in [-0.15, -0.1) is 24.8 Å². The first-order chi connectivity index (χ1) is 9.89. The van der Waals surface area contributed by atoms with Gasteiger partial charge < -0.3 is 11.1 Å². The average molecular weight is 358 g/mol. The molecule has 6 heteroatoms. The number of nitrogens with one attached hydrogen (secondary N) is 1. The van der Waals surface area contributed by atoms with Gasteiger partial charge in [0, 0.05) is 18.1 Å². The van der Waals surface area contributed by atoms with Crippen molar-refractivity contribution in [1.82, 2.24) is 10.3 Å². The number of amides is 1. The second kappa shape index (κ2) is 9.06. The summed E-state index contributed by atoms with van der Waals surface area (Å²) in [6.07, 6.45) is 2.54. The molecule has 0 saturated heterocycles. The molecule has 1 heterocycles. The highest BCUT2D eigenvalue weighted by Gasteiger charge is 2.26. The van der Waals surface area contributed by atoms with Crippen LogP contribution in [0.15, 0.2) is 36.5 Å². The standard InChI is InChI=1S/C17H23N3O.2ClH/c1-17(2,3)15(18)16(21)20-11-9-13-7-4-6-12-8-5-10-19-14(12)13;;/h4-8,10,15H,9,11,18H2,1-3H3,(H,20,21);2*1H/t15-;;/m1../s1. The van der Waals surface area contributed by atoms with E-state index in [2.05, 4.69) is 10.3 Å². The summed E-state index contributed by atoms with van der Waals surface area (Å²) in [5.74, 6) is -0.101. The maximum absolute atomic E-state index is 12.0. The van der Waals surface area contributed by atoms with Gasteiger partial charge >= 0.3 is 0 Å². The van der Waals surface area contributed by atoms with Gasteiger partial charge in [0.05, 0.1) is 11.6 Å². The van der Waals surface area contributed by atoms with Crippen molar-refractivity contribution in [3.8, 4) is 0 Å². The van der Waals surface area contributed by atoms with Crippen LogP contribution < -0.4 is 11.1 Å². The summed E-state index contributed by atoms with van der Waals surface area (Å²) in [6, 6.07) is 9.58. The van der Waals surface area contributed by atoms with Crippen molar-refractivity contribution in [2.24, 2.45) is 11.1 Å². The van der Waals surface area contributed by atoms with Crippen LogP contribution in [0.5, 0.6) is 0 Å². The minimum absolute atomic E-state index is 0. The minimum Gasteiger partial charge on any atom is -0.354 e. The molecule has 0 bridgehead atoms. The molecule has 0 aliphatic rings. The lowest BCUT2D eigenvalue weighted by Crippen LogP contribution is -2.49. The number of carbonyl (C=O) groups is 1. The van der Waals surface area contributed by atoms with Crippen LogP contribution >= 0.6 is 24.8 Å². The largest absolute Gasteiger partial charge is 0.354 e. The molecule has 0 spiro atoms. The molecular weight excluding hydrogens is 333 g/mol. The number of hydrogen-bond donors (Lipinski definition) is 2. The van der Waals surface area contributed by atoms with Crippen LogP contribution in [-0.2, 0) is 11.2 Å². The van der Waals surface area contributed by atoms with Crippen LogP contribution in [0, 0.1) is 5.41 Å². The van der Waals surface area contributed by atoms with Gasteiger partial charge in [-0.2, -0.15) is 0 Å². The molecule has 0 fully saturated rings. The Hall–Kier alpha value is -1.36. The van der Waals surface area contributed by atoms with Crippen molar-refractivity contribution in [2.75, 3.05) is 6.54 Å². The second-order valence-corrected chi connectivity index (χ2v) is 6.38. The molecule has 1 aromatic heterocycles. The third-order valence-electron chi connectivity index (χ3n) is 3.63. The quantitative estimate of drug-likeness (QED) is 0.883. The average Bonchev–Trinajstić information content (AvgIpc) is 2.45. The Balaban J connectivity index is 0.00000242. The topological polar surface area (TPSA) is 68.0 Å². The lowest BCUT2D eigenvalue weighted by Gasteiger charge is -2.25. The summed E-state index contributed by atoms with van der Waals surface area (Å²) >= 11 is 0. The Bertz CT molecular complexity index is 636. The zero-order valence-electron chi connectivity index (χ0n) is 13.7. The maximum Gasteiger partial charge on any atom is 0.237 e. The zero-order valence-corrected chi connectivity index (χ0v) is 15.3. The lowest BCUT2D eigenvalue weighted by atomic mass is 9.87. The van der Waals surface area contributed by atoms with Gasteiger partial charge in [0.15, 0.2) is 0 Å². The minimum atomic E-state index is -0.497. The fourth-order valence-electron chi connectivity index (χ4n) is 2.19. The number of rotatable bonds is 4. The third kappa shape index (κ3) is 5.65. The number of pyridine rings is 1. The Kier molecular flexibility index (Phi) is 8.53. The highest BCUT2D eigenvalue weighted by molar-refractivity contribution is 5.85. The predicted molar refractivity (Wildman–Crippen MR) is 100 cm³/mol. The van der Waals surface area contributed by atoms with Crippen LogP contribution in [0.3, 0.4) is 0 Å². The van der Waals surface area contributed by atoms with E-state index in [-0.39, 0.29) is 36.1 Å². The summed E-state index contributed by atoms with van der Waals surface area (Å²) in [5.41, 5.74) is 7.84. The Morgan fingerprint density at radius 1 is 1.22 bits per heavy atom. The van der Waals surface area contributed by atoms with Crippen LogP contribution in [0.2, 0.25) is 0 Å². The van der Waals surface area contributed by atoms with Crippen LogP contribution in [0.4, 0.5) is 0 Å². The molecule has 2 aromatic rings. The number of nitrogens with two attached hydrogens (primary N) is 1. The monoisotopic (exact) mass is 357 g/mol. The van der Waals surface area contributed by atoms with E-state index in [9.17, 15) is 4.79 Å². The highest BCUT2D eigenvalue weighted by atomic mass is 35.5. The first-order valence-corrected chi connectivity index (χ1v) is 7.25. The molecule has 2 rings (SSSR count). The molecule has 1 aromatic carbocycles. The molecule has 0 unspecified atom stereocenters. The van der Waals surface area contributed by atoms with E-state index in [4.69, 9.17) is 5.73 Å². The van der Waals surface area contributed by atoms with Crippen molar-refractivity contribution in [3.63, 3.8) is 0 Å². The number of para-hydroxylation sites is 1. The van der Waals surface area contributed by atoms with E-state index in [1.165, 1.54) is 0 Å². The van der Waals surface area contributed by atoms with E-state index in [1.54, 1.807) is 6.20 Å². The summed E-state index contributed by atoms with van der Waals surface area (Å²) in [5, 5.41) is 4.03. The number of nitrogens with zero attached hydrogens (tertiary/aromatic N) is 1. The summed E-state index contributed by atoms with van der Waals surface area (Å²) < 4.78 is 0. The molecule has 128 valence electrons. The summed E-state index contributed by atoms with van der Waals surface area (Å²) in [4.78, 5) is 16.4. The molecule has 23 heavy (non-hydrogen) atoms. The molecule has 0 aliphatic carbocycles. The van der Waals surface area contributed by atoms with Crippen LogP contribution in [0.1, 0.15) is 26.3 Å². The second-order valence-electron chi connectivity index (χ2n) is 6.38. The van der Waals surface area contributed by atoms with E-state index >= 15 is 0 Å². The predicted octanol–water partition coefficient (Wildman–Crippen LogP) is 3.11. The smallest absolute Gasteiger partial charge is 0.237 e. The van der Waals surface area contributed by atoms with E-state index < -0.39 is 6.04 Å². The van der Waals surface area contributed by atoms with Gasteiger partial charge in [-0.05, 0) is 23.5 Å². The van der Waals surface area contributed by atoms with Crippen molar-refractivity contribution < 1.29 is 4.79 Å². The molecule has 0 saturated carbocycles. The van der Waals surface area contributed by atoms with Gasteiger partial charge in [-0.3, -0.25) is 9.78 Å². The van der Waals surface area contributed by atoms with Crippen LogP contribution in [-0.4, -0.2) is 23.5 Å². The van der Waals surface area contributed by atoms with Crippen molar-refractivity contribution in [2.45, 2.75) is 33.2 Å². The third-order valence-corrected chi connectivity index (χ3v) is 3.63. The van der Waals surface area contributed by atoms with E-state index in [0.29, 0.717) is 6.54 Å². The number of aromatic nitrogens is 1. The molecular formula is C17H25Cl2N3O. The van der Waals surface area contributed by atoms with Gasteiger partial charge in [0.25, 0.3) is 0 Å². The van der Waals surface area contributed by atoms with Crippen molar-refractivity contribution in [3.05, 3.63) is 42.1 Å². The SMILES string of the molecule is CC(C)(C)[C@H](N)C(=O)NCCc1cccc2cccnc12.Cl.Cl. The van der Waals surface area contributed by atoms with E-state index in [1.807, 2.05) is 51.1 Å². The zero-order chi connectivity index (χ0) is 15.5. The number of benzene rings is 1. The fraction of sp³-hybridized carbons (Fsp3) is 0.412. The van der Waals surface area contributed by atoms with Gasteiger partial charge in [-0.1, -0.05) is 45.0 Å². The van der Waals surface area contributed by atoms with Gasteiger partial charge in [-0.25, -0.2) is 0 Å². The first-order valence-electron chi connectivity index (χ1n) is 7.25. The number of halogens is 2. The van der Waals surface area contributed by atoms with Crippen LogP contribution in [0.25, 0.3) is 10.9 Å². The van der Waals surface area contributed by atoms with Gasteiger partial charge in [0.2, 0.25) is 5.91 Å². The molecule has 1 atom stereocenters. The molecule has 3 N–H and O–H groups in total. The Labute approximate surface area is 150 Å². The number of fused-ring (bicyclic) bond motifs is 1. The van der Waals surface area contributed by atoms with Crippen molar-refractivity contribution >= 4 is 41.6 Å². The normalized spacial score (nSPS) is 12.0. The van der Waals surface area contributed by atoms with Crippen molar-refractivity contribution in [1.29, 1.82) is 0 Å². The van der Waals surface area contributed by atoms with Gasteiger partial charge in [0.1, 0.15) is 0 Å². The first kappa shape index (κ1) is 21.6. The number of carbonyl (C=O) groups excluding carboxylic acids is 1. The Morgan fingerprint density at radius 2 is 1.87 bits per heavy atom. The molecule has 4 nitrogen and oxygen atoms in total. The number of hydrogen-bond acceptors (Lipinski definition) is 3. The fourth-order valence-corrected chi connectivity index (χ4v) is 2.19. The Morgan fingerprint density at radius 3 is 2.52 bits per heavy atom. The summed E-state index contributed by atoms with van der Waals surface area (Å²) in [7, 11) is 0. The summed E-state index contributed by atoms with van der Waals surface area (Å²) in [6.45, 7) is 6.46. The lowest BCUT2D eigenvalue weighted by molar-refractivity contribution is -0.124. The molecule has 0 aliphatic heterocycles. The van der Waals surface area contributed by atoms with E-state index in [0.717, 1.165) is 22.9 Å². The highest BCUT2D eigenvalue weighted by Crippen LogP contribution is 2.18. The molecule has 0 radical (unpaired) electrons.